The van der Waals surface area contributed by atoms with Gasteiger partial charge in [0.25, 0.3) is 0 Å². The Labute approximate surface area is 125 Å². The Hall–Kier alpha value is -2.18. The van der Waals surface area contributed by atoms with Crippen LogP contribution in [0, 0.1) is 13.8 Å². The second kappa shape index (κ2) is 8.18. The van der Waals surface area contributed by atoms with Gasteiger partial charge in [0.1, 0.15) is 23.3 Å². The molecular formula is C14H23N7. The lowest BCUT2D eigenvalue weighted by Crippen LogP contribution is -1.87. The van der Waals surface area contributed by atoms with E-state index in [1.807, 2.05) is 41.5 Å². The van der Waals surface area contributed by atoms with Crippen LogP contribution in [0.1, 0.15) is 39.3 Å². The fourth-order valence-corrected chi connectivity index (χ4v) is 1.61. The first kappa shape index (κ1) is 16.9. The summed E-state index contributed by atoms with van der Waals surface area (Å²) < 4.78 is 0. The largest absolute Gasteiger partial charge is 0.265 e. The molecule has 3 heterocycles. The number of nitrogens with one attached hydrogen (secondary N) is 1. The van der Waals surface area contributed by atoms with Gasteiger partial charge in [-0.15, -0.1) is 0 Å². The topological polar surface area (TPSA) is 91.0 Å². The fourth-order valence-electron chi connectivity index (χ4n) is 1.61. The second-order valence-electron chi connectivity index (χ2n) is 4.89. The molecule has 7 nitrogen and oxygen atoms in total. The summed E-state index contributed by atoms with van der Waals surface area (Å²) in [5, 5.41) is 6.49. The predicted molar refractivity (Wildman–Crippen MR) is 88.0 cm³/mol. The van der Waals surface area contributed by atoms with E-state index in [-0.39, 0.29) is 0 Å². The van der Waals surface area contributed by atoms with Crippen molar-refractivity contribution < 1.29 is 0 Å². The Morgan fingerprint density at radius 2 is 1.24 bits per heavy atom. The number of nitrogens with zero attached hydrogens (tertiary/aromatic N) is 6. The predicted octanol–water partition coefficient (Wildman–Crippen LogP) is 2.18. The lowest BCUT2D eigenvalue weighted by Gasteiger charge is -1.76. The fraction of sp³-hybridized carbons (Fsp3) is 0.571. The van der Waals surface area contributed by atoms with Gasteiger partial charge in [0, 0.05) is 11.4 Å². The first-order valence-electron chi connectivity index (χ1n) is 6.83. The molecule has 1 aromatic heterocycles. The molecule has 0 aliphatic carbocycles. The number of aromatic nitrogens is 3. The highest BCUT2D eigenvalue weighted by molar-refractivity contribution is 6.02. The molecule has 1 aromatic rings. The third-order valence-electron chi connectivity index (χ3n) is 2.49. The summed E-state index contributed by atoms with van der Waals surface area (Å²) in [6.45, 7) is 13.1. The smallest absolute Gasteiger partial charge is 0.147 e. The van der Waals surface area contributed by atoms with Crippen molar-refractivity contribution >= 4 is 23.1 Å². The van der Waals surface area contributed by atoms with Crippen molar-refractivity contribution in [3.8, 4) is 0 Å². The number of hydrogen-bond acceptors (Lipinski definition) is 6. The van der Waals surface area contributed by atoms with Crippen molar-refractivity contribution in [2.24, 2.45) is 20.0 Å². The van der Waals surface area contributed by atoms with Crippen molar-refractivity contribution in [1.29, 1.82) is 0 Å². The highest BCUT2D eigenvalue weighted by Gasteiger charge is 1.97. The highest BCUT2D eigenvalue weighted by atomic mass is 15.2. The molecule has 0 saturated heterocycles. The molecule has 114 valence electrons. The molecule has 0 atom stereocenters. The van der Waals surface area contributed by atoms with Crippen LogP contribution in [0.15, 0.2) is 20.0 Å². The van der Waals surface area contributed by atoms with Crippen LogP contribution in [0.5, 0.6) is 0 Å². The quantitative estimate of drug-likeness (QED) is 0.793. The Bertz CT molecular complexity index is 540. The number of aryl methyl sites for hydroxylation is 2. The molecule has 0 unspecified atom stereocenters. The molecule has 0 spiro atoms. The van der Waals surface area contributed by atoms with Gasteiger partial charge in [-0.05, 0) is 41.5 Å². The molecule has 2 aliphatic rings. The zero-order valence-electron chi connectivity index (χ0n) is 13.6. The lowest BCUT2D eigenvalue weighted by atomic mass is 10.4. The van der Waals surface area contributed by atoms with Gasteiger partial charge in [-0.2, -0.15) is 5.10 Å². The molecule has 3 rings (SSSR count). The van der Waals surface area contributed by atoms with Gasteiger partial charge in [-0.3, -0.25) is 15.1 Å². The van der Waals surface area contributed by atoms with E-state index >= 15 is 0 Å². The maximum atomic E-state index is 4.06. The molecule has 21 heavy (non-hydrogen) atoms. The first-order valence-corrected chi connectivity index (χ1v) is 6.83. The molecular weight excluding hydrogens is 266 g/mol. The average Bonchev–Trinajstić information content (AvgIpc) is 3.06. The molecule has 0 fully saturated rings. The van der Waals surface area contributed by atoms with Gasteiger partial charge in [-0.1, -0.05) is 0 Å². The van der Waals surface area contributed by atoms with Crippen molar-refractivity contribution in [3.05, 3.63) is 11.6 Å². The normalized spacial score (nSPS) is 15.9. The summed E-state index contributed by atoms with van der Waals surface area (Å²) in [6, 6.07) is 0. The van der Waals surface area contributed by atoms with E-state index in [2.05, 4.69) is 35.2 Å². The molecule has 0 saturated carbocycles. The number of aliphatic imine (C=N–C) groups is 4. The maximum Gasteiger partial charge on any atom is 0.147 e. The average molecular weight is 289 g/mol. The number of amidine groups is 2. The molecule has 2 aliphatic heterocycles. The van der Waals surface area contributed by atoms with Crippen LogP contribution >= 0.6 is 0 Å². The summed E-state index contributed by atoms with van der Waals surface area (Å²) in [5.74, 6) is 3.50. The van der Waals surface area contributed by atoms with Crippen LogP contribution in [-0.2, 0) is 0 Å². The lowest BCUT2D eigenvalue weighted by molar-refractivity contribution is 1.02. The minimum absolute atomic E-state index is 0.803. The van der Waals surface area contributed by atoms with Gasteiger partial charge in [0.2, 0.25) is 0 Å². The maximum absolute atomic E-state index is 4.06. The van der Waals surface area contributed by atoms with Crippen molar-refractivity contribution in [3.63, 3.8) is 0 Å². The number of H-pyrrole nitrogens is 1. The van der Waals surface area contributed by atoms with E-state index in [9.17, 15) is 0 Å². The minimum Gasteiger partial charge on any atom is -0.265 e. The summed E-state index contributed by atoms with van der Waals surface area (Å²) >= 11 is 0. The van der Waals surface area contributed by atoms with Crippen molar-refractivity contribution in [1.82, 2.24) is 15.2 Å². The molecule has 0 radical (unpaired) electrons. The van der Waals surface area contributed by atoms with E-state index in [0.29, 0.717) is 0 Å². The molecule has 7 heteroatoms. The monoisotopic (exact) mass is 289 g/mol. The minimum atomic E-state index is 0.803. The Morgan fingerprint density at radius 3 is 1.33 bits per heavy atom. The Kier molecular flexibility index (Phi) is 6.58. The Morgan fingerprint density at radius 1 is 0.762 bits per heavy atom. The Balaban J connectivity index is 0.000000157. The van der Waals surface area contributed by atoms with Crippen LogP contribution in [0.4, 0.5) is 0 Å². The molecule has 1 N–H and O–H groups in total. The van der Waals surface area contributed by atoms with E-state index in [0.717, 1.165) is 47.8 Å². The highest BCUT2D eigenvalue weighted by Crippen LogP contribution is 1.93. The van der Waals surface area contributed by atoms with Crippen LogP contribution in [-0.4, -0.2) is 51.4 Å². The van der Waals surface area contributed by atoms with E-state index < -0.39 is 0 Å². The number of rotatable bonds is 0. The first-order chi connectivity index (χ1) is 9.86. The van der Waals surface area contributed by atoms with E-state index in [1.165, 1.54) is 0 Å². The summed E-state index contributed by atoms with van der Waals surface area (Å²) in [6.07, 6.45) is 0. The van der Waals surface area contributed by atoms with Gasteiger partial charge >= 0.3 is 0 Å². The van der Waals surface area contributed by atoms with Gasteiger partial charge in [0.05, 0.1) is 13.1 Å². The zero-order valence-corrected chi connectivity index (χ0v) is 13.6. The van der Waals surface area contributed by atoms with Crippen LogP contribution in [0.3, 0.4) is 0 Å². The van der Waals surface area contributed by atoms with Gasteiger partial charge < -0.3 is 0 Å². The summed E-state index contributed by atoms with van der Waals surface area (Å²) in [7, 11) is 0. The summed E-state index contributed by atoms with van der Waals surface area (Å²) in [4.78, 5) is 20.1. The second-order valence-corrected chi connectivity index (χ2v) is 4.89. The van der Waals surface area contributed by atoms with Crippen LogP contribution in [0.25, 0.3) is 0 Å². The molecule has 0 amide bonds. The standard InChI is InChI=1S/2C5H8N2.C4H7N3/c2*1-4-3-6-5(2)7-4;1-3-5-4(2)7-6-3/h2*3H2,1-2H3;1-2H3,(H,5,6,7). The van der Waals surface area contributed by atoms with E-state index in [1.54, 1.807) is 0 Å². The third-order valence-corrected chi connectivity index (χ3v) is 2.49. The van der Waals surface area contributed by atoms with Crippen molar-refractivity contribution in [2.45, 2.75) is 41.5 Å². The summed E-state index contributed by atoms with van der Waals surface area (Å²) in [5.41, 5.74) is 2.25. The van der Waals surface area contributed by atoms with Crippen molar-refractivity contribution in [2.75, 3.05) is 13.1 Å². The van der Waals surface area contributed by atoms with E-state index in [4.69, 9.17) is 0 Å². The molecule has 0 bridgehead atoms. The zero-order chi connectivity index (χ0) is 15.8. The molecule has 0 aromatic carbocycles. The number of aromatic amines is 1. The third kappa shape index (κ3) is 7.24. The van der Waals surface area contributed by atoms with Gasteiger partial charge in [0.15, 0.2) is 0 Å². The number of hydrogen-bond donors (Lipinski definition) is 1. The SMILES string of the molecule is CC1=NC(C)=NC1.CC1=NC(C)=NC1.Cc1n[nH]c(C)n1. The van der Waals surface area contributed by atoms with Crippen LogP contribution < -0.4 is 0 Å². The van der Waals surface area contributed by atoms with Crippen LogP contribution in [0.2, 0.25) is 0 Å². The van der Waals surface area contributed by atoms with Gasteiger partial charge in [-0.25, -0.2) is 15.0 Å².